The molecule has 4 saturated carbocycles. The number of Topliss-reactive ketones (excluding diaryl/α,β-unsaturated/α-hetero) is 1. The fourth-order valence-electron chi connectivity index (χ4n) is 6.79. The molecule has 4 aliphatic carbocycles. The molecule has 0 saturated heterocycles. The minimum absolute atomic E-state index is 0.00520. The molecule has 7 nitrogen and oxygen atoms in total. The molecule has 1 N–H and O–H groups in total. The van der Waals surface area contributed by atoms with Gasteiger partial charge >= 0.3 is 5.97 Å². The second kappa shape index (κ2) is 6.75. The Morgan fingerprint density at radius 2 is 1.69 bits per heavy atom. The van der Waals surface area contributed by atoms with Gasteiger partial charge < -0.3 is 5.11 Å². The SMILES string of the molecule is O=C(O)C(Cc1ccncc1)(Cn1ccnn1)C(=O)C12CC3CC(CC(C3)C1)C2. The Morgan fingerprint density at radius 1 is 1.07 bits per heavy atom. The van der Waals surface area contributed by atoms with E-state index in [1.165, 1.54) is 30.1 Å². The van der Waals surface area contributed by atoms with E-state index in [9.17, 15) is 14.7 Å². The van der Waals surface area contributed by atoms with Gasteiger partial charge in [-0.25, -0.2) is 0 Å². The molecule has 2 aromatic rings. The zero-order chi connectivity index (χ0) is 20.1. The molecule has 7 heteroatoms. The van der Waals surface area contributed by atoms with Crippen LogP contribution in [0.15, 0.2) is 36.9 Å². The highest BCUT2D eigenvalue weighted by Gasteiger charge is 2.61. The summed E-state index contributed by atoms with van der Waals surface area (Å²) >= 11 is 0. The monoisotopic (exact) mass is 394 g/mol. The lowest BCUT2D eigenvalue weighted by atomic mass is 9.46. The zero-order valence-electron chi connectivity index (χ0n) is 16.4. The van der Waals surface area contributed by atoms with Crippen LogP contribution < -0.4 is 0 Å². The molecule has 4 fully saturated rings. The van der Waals surface area contributed by atoms with E-state index in [0.717, 1.165) is 24.8 Å². The van der Waals surface area contributed by atoms with E-state index in [1.54, 1.807) is 30.7 Å². The van der Waals surface area contributed by atoms with Crippen molar-refractivity contribution >= 4 is 11.8 Å². The van der Waals surface area contributed by atoms with Crippen molar-refractivity contribution in [2.24, 2.45) is 28.6 Å². The topological polar surface area (TPSA) is 98.0 Å². The molecule has 2 heterocycles. The van der Waals surface area contributed by atoms with E-state index in [-0.39, 0.29) is 18.7 Å². The van der Waals surface area contributed by atoms with Gasteiger partial charge in [0.25, 0.3) is 0 Å². The van der Waals surface area contributed by atoms with Crippen molar-refractivity contribution in [2.45, 2.75) is 51.5 Å². The summed E-state index contributed by atoms with van der Waals surface area (Å²) in [6.45, 7) is 0.00520. The van der Waals surface area contributed by atoms with Gasteiger partial charge in [-0.1, -0.05) is 5.21 Å². The summed E-state index contributed by atoms with van der Waals surface area (Å²) in [6.07, 6.45) is 12.8. The van der Waals surface area contributed by atoms with Crippen molar-refractivity contribution in [2.75, 3.05) is 0 Å². The third-order valence-electron chi connectivity index (χ3n) is 7.52. The number of hydrogen-bond acceptors (Lipinski definition) is 5. The van der Waals surface area contributed by atoms with E-state index < -0.39 is 16.8 Å². The van der Waals surface area contributed by atoms with Crippen LogP contribution in [-0.2, 0) is 22.6 Å². The Hall–Kier alpha value is -2.57. The highest BCUT2D eigenvalue weighted by Crippen LogP contribution is 2.62. The lowest BCUT2D eigenvalue weighted by molar-refractivity contribution is -0.169. The number of nitrogens with zero attached hydrogens (tertiary/aromatic N) is 4. The number of aliphatic carboxylic acids is 1. The van der Waals surface area contributed by atoms with Crippen molar-refractivity contribution in [1.29, 1.82) is 0 Å². The molecular formula is C22H26N4O3. The molecular weight excluding hydrogens is 368 g/mol. The number of carbonyl (C=O) groups is 2. The predicted molar refractivity (Wildman–Crippen MR) is 104 cm³/mol. The molecule has 0 amide bonds. The van der Waals surface area contributed by atoms with Crippen LogP contribution in [0.4, 0.5) is 0 Å². The van der Waals surface area contributed by atoms with Crippen LogP contribution in [0.1, 0.15) is 44.1 Å². The number of pyridine rings is 1. The van der Waals surface area contributed by atoms with Crippen LogP contribution in [-0.4, -0.2) is 36.8 Å². The highest BCUT2D eigenvalue weighted by atomic mass is 16.4. The Morgan fingerprint density at radius 3 is 2.21 bits per heavy atom. The van der Waals surface area contributed by atoms with Gasteiger partial charge in [0, 0.05) is 24.0 Å². The molecule has 4 aliphatic rings. The fourth-order valence-corrected chi connectivity index (χ4v) is 6.79. The Labute approximate surface area is 169 Å². The number of hydrogen-bond donors (Lipinski definition) is 1. The quantitative estimate of drug-likeness (QED) is 0.725. The molecule has 1 unspecified atom stereocenters. The Kier molecular flexibility index (Phi) is 4.29. The van der Waals surface area contributed by atoms with E-state index in [1.807, 2.05) is 0 Å². The van der Waals surface area contributed by atoms with Crippen LogP contribution in [0.2, 0.25) is 0 Å². The number of aromatic nitrogens is 4. The normalized spacial score (nSPS) is 32.1. The van der Waals surface area contributed by atoms with E-state index in [4.69, 9.17) is 0 Å². The van der Waals surface area contributed by atoms with Crippen molar-refractivity contribution in [3.05, 3.63) is 42.5 Å². The van der Waals surface area contributed by atoms with Crippen molar-refractivity contribution in [3.8, 4) is 0 Å². The smallest absolute Gasteiger partial charge is 0.319 e. The summed E-state index contributed by atoms with van der Waals surface area (Å²) in [5.41, 5.74) is -1.25. The van der Waals surface area contributed by atoms with E-state index in [0.29, 0.717) is 17.8 Å². The van der Waals surface area contributed by atoms with Gasteiger partial charge in [0.1, 0.15) is 5.41 Å². The Bertz CT molecular complexity index is 876. The van der Waals surface area contributed by atoms with Crippen LogP contribution in [0, 0.1) is 28.6 Å². The highest BCUT2D eigenvalue weighted by molar-refractivity contribution is 6.06. The van der Waals surface area contributed by atoms with Crippen LogP contribution >= 0.6 is 0 Å². The lowest BCUT2D eigenvalue weighted by Crippen LogP contribution is -2.58. The van der Waals surface area contributed by atoms with Gasteiger partial charge in [0.15, 0.2) is 5.78 Å². The van der Waals surface area contributed by atoms with Crippen molar-refractivity contribution < 1.29 is 14.7 Å². The lowest BCUT2D eigenvalue weighted by Gasteiger charge is -2.57. The molecule has 1 atom stereocenters. The van der Waals surface area contributed by atoms with Gasteiger partial charge in [0.2, 0.25) is 0 Å². The van der Waals surface area contributed by atoms with Gasteiger partial charge in [-0.2, -0.15) is 0 Å². The first kappa shape index (κ1) is 18.5. The third-order valence-corrected chi connectivity index (χ3v) is 7.52. The minimum atomic E-state index is -1.55. The molecule has 2 aromatic heterocycles. The van der Waals surface area contributed by atoms with Crippen LogP contribution in [0.3, 0.4) is 0 Å². The summed E-state index contributed by atoms with van der Waals surface area (Å²) in [4.78, 5) is 31.1. The predicted octanol–water partition coefficient (Wildman–Crippen LogP) is 2.77. The molecule has 6 rings (SSSR count). The van der Waals surface area contributed by atoms with E-state index >= 15 is 0 Å². The summed E-state index contributed by atoms with van der Waals surface area (Å²) in [6, 6.07) is 3.60. The van der Waals surface area contributed by atoms with E-state index in [2.05, 4.69) is 15.3 Å². The molecule has 0 aromatic carbocycles. The average Bonchev–Trinajstić information content (AvgIpc) is 3.19. The summed E-state index contributed by atoms with van der Waals surface area (Å²) in [7, 11) is 0. The fraction of sp³-hybridized carbons (Fsp3) is 0.591. The molecule has 0 aliphatic heterocycles. The standard InChI is InChI=1S/C22H26N4O3/c27-19(21-10-16-7-17(11-21)9-18(8-16)12-21)22(20(28)29,14-26-6-5-24-25-26)13-15-1-3-23-4-2-15/h1-6,16-18H,7-14H2,(H,28,29). The summed E-state index contributed by atoms with van der Waals surface area (Å²) < 4.78 is 1.49. The number of rotatable bonds is 7. The number of carbonyl (C=O) groups excluding carboxylic acids is 1. The summed E-state index contributed by atoms with van der Waals surface area (Å²) in [5, 5.41) is 18.3. The van der Waals surface area contributed by atoms with Gasteiger partial charge in [-0.15, -0.1) is 5.10 Å². The van der Waals surface area contributed by atoms with Gasteiger partial charge in [-0.05, 0) is 80.4 Å². The summed E-state index contributed by atoms with van der Waals surface area (Å²) in [5.74, 6) is 0.562. The average molecular weight is 394 g/mol. The van der Waals surface area contributed by atoms with Crippen LogP contribution in [0.5, 0.6) is 0 Å². The maximum Gasteiger partial charge on any atom is 0.319 e. The van der Waals surface area contributed by atoms with Gasteiger partial charge in [-0.3, -0.25) is 19.3 Å². The molecule has 152 valence electrons. The first-order valence-corrected chi connectivity index (χ1v) is 10.5. The maximum absolute atomic E-state index is 14.2. The number of ketones is 1. The molecule has 0 spiro atoms. The van der Waals surface area contributed by atoms with Gasteiger partial charge in [0.05, 0.1) is 12.7 Å². The Balaban J connectivity index is 1.57. The first-order chi connectivity index (χ1) is 14.0. The number of carboxylic acids is 1. The zero-order valence-corrected chi connectivity index (χ0v) is 16.4. The van der Waals surface area contributed by atoms with Crippen molar-refractivity contribution in [1.82, 2.24) is 20.0 Å². The molecule has 0 radical (unpaired) electrons. The first-order valence-electron chi connectivity index (χ1n) is 10.5. The third kappa shape index (κ3) is 3.07. The maximum atomic E-state index is 14.2. The molecule has 4 bridgehead atoms. The number of carboxylic acid groups (broad SMARTS) is 1. The molecule has 29 heavy (non-hydrogen) atoms. The second-order valence-electron chi connectivity index (χ2n) is 9.55. The second-order valence-corrected chi connectivity index (χ2v) is 9.55. The van der Waals surface area contributed by atoms with Crippen molar-refractivity contribution in [3.63, 3.8) is 0 Å². The van der Waals surface area contributed by atoms with Crippen LogP contribution in [0.25, 0.3) is 0 Å². The minimum Gasteiger partial charge on any atom is -0.480 e. The largest absolute Gasteiger partial charge is 0.480 e.